The maximum Gasteiger partial charge on any atom is 0.119 e. The van der Waals surface area contributed by atoms with Crippen molar-refractivity contribution in [1.29, 1.82) is 0 Å². The zero-order valence-corrected chi connectivity index (χ0v) is 11.5. The maximum absolute atomic E-state index is 5.99. The summed E-state index contributed by atoms with van der Waals surface area (Å²) < 4.78 is 5.29. The molecule has 1 unspecified atom stereocenters. The van der Waals surface area contributed by atoms with E-state index < -0.39 is 0 Å². The minimum Gasteiger partial charge on any atom is -0.497 e. The molecule has 0 aliphatic carbocycles. The van der Waals surface area contributed by atoms with Crippen LogP contribution in [0.5, 0.6) is 5.75 Å². The van der Waals surface area contributed by atoms with Gasteiger partial charge in [0.15, 0.2) is 0 Å². The van der Waals surface area contributed by atoms with E-state index >= 15 is 0 Å². The summed E-state index contributed by atoms with van der Waals surface area (Å²) >= 11 is 0. The lowest BCUT2D eigenvalue weighted by Gasteiger charge is -2.14. The van der Waals surface area contributed by atoms with E-state index in [4.69, 9.17) is 10.5 Å². The van der Waals surface area contributed by atoms with E-state index in [1.54, 1.807) is 7.11 Å². The Hall–Kier alpha value is -2.26. The van der Waals surface area contributed by atoms with Gasteiger partial charge < -0.3 is 15.5 Å². The van der Waals surface area contributed by atoms with E-state index in [0.29, 0.717) is 6.54 Å². The summed E-state index contributed by atoms with van der Waals surface area (Å²) in [6, 6.07) is 18.5. The monoisotopic (exact) mass is 266 g/mol. The van der Waals surface area contributed by atoms with Crippen molar-refractivity contribution in [3.05, 3.63) is 65.9 Å². The predicted octanol–water partition coefficient (Wildman–Crippen LogP) is 3.27. The second kappa shape index (κ2) is 5.39. The van der Waals surface area contributed by atoms with E-state index in [1.165, 1.54) is 10.9 Å². The number of nitrogens with one attached hydrogen (secondary N) is 1. The van der Waals surface area contributed by atoms with E-state index in [2.05, 4.69) is 29.2 Å². The molecule has 102 valence electrons. The molecule has 0 saturated heterocycles. The zero-order valence-electron chi connectivity index (χ0n) is 11.5. The Kier molecular flexibility index (Phi) is 3.44. The number of fused-ring (bicyclic) bond motifs is 1. The summed E-state index contributed by atoms with van der Waals surface area (Å²) in [5.41, 5.74) is 9.44. The van der Waals surface area contributed by atoms with Crippen molar-refractivity contribution in [3.8, 4) is 5.75 Å². The largest absolute Gasteiger partial charge is 0.497 e. The standard InChI is InChI=1S/C17H18N2O/c1-20-14-7-4-6-12(9-14)15(11-18)17-10-13-5-2-3-8-16(13)19-17/h2-10,15,19H,11,18H2,1H3. The second-order valence-electron chi connectivity index (χ2n) is 4.88. The van der Waals surface area contributed by atoms with Crippen LogP contribution in [0.3, 0.4) is 0 Å². The van der Waals surface area contributed by atoms with Gasteiger partial charge in [-0.15, -0.1) is 0 Å². The molecule has 3 heteroatoms. The first kappa shape index (κ1) is 12.8. The highest BCUT2D eigenvalue weighted by molar-refractivity contribution is 5.80. The number of aromatic nitrogens is 1. The normalized spacial score (nSPS) is 12.5. The first-order valence-electron chi connectivity index (χ1n) is 6.73. The zero-order chi connectivity index (χ0) is 13.9. The number of nitrogens with two attached hydrogens (primary N) is 1. The molecule has 0 fully saturated rings. The molecular weight excluding hydrogens is 248 g/mol. The highest BCUT2D eigenvalue weighted by Gasteiger charge is 2.15. The molecule has 3 nitrogen and oxygen atoms in total. The van der Waals surface area contributed by atoms with E-state index in [1.807, 2.05) is 30.3 Å². The van der Waals surface area contributed by atoms with Crippen molar-refractivity contribution in [2.24, 2.45) is 5.73 Å². The van der Waals surface area contributed by atoms with Gasteiger partial charge in [0.2, 0.25) is 0 Å². The number of aromatic amines is 1. The van der Waals surface area contributed by atoms with Crippen LogP contribution in [-0.4, -0.2) is 18.6 Å². The molecule has 3 N–H and O–H groups in total. The Labute approximate surface area is 118 Å². The Morgan fingerprint density at radius 3 is 2.70 bits per heavy atom. The summed E-state index contributed by atoms with van der Waals surface area (Å²) in [6.07, 6.45) is 0. The summed E-state index contributed by atoms with van der Waals surface area (Å²) in [4.78, 5) is 3.46. The number of rotatable bonds is 4. The third kappa shape index (κ3) is 2.28. The fourth-order valence-electron chi connectivity index (χ4n) is 2.58. The molecule has 20 heavy (non-hydrogen) atoms. The van der Waals surface area contributed by atoms with Crippen LogP contribution < -0.4 is 10.5 Å². The molecule has 1 atom stereocenters. The van der Waals surface area contributed by atoms with Crippen LogP contribution in [-0.2, 0) is 0 Å². The number of para-hydroxylation sites is 1. The number of methoxy groups -OCH3 is 1. The summed E-state index contributed by atoms with van der Waals surface area (Å²) in [7, 11) is 1.68. The molecule has 0 bridgehead atoms. The minimum absolute atomic E-state index is 0.150. The lowest BCUT2D eigenvalue weighted by molar-refractivity contribution is 0.414. The molecule has 0 aliphatic rings. The number of hydrogen-bond donors (Lipinski definition) is 2. The molecule has 0 amide bonds. The molecule has 0 aliphatic heterocycles. The fraction of sp³-hybridized carbons (Fsp3) is 0.176. The third-order valence-electron chi connectivity index (χ3n) is 3.66. The number of H-pyrrole nitrogens is 1. The average molecular weight is 266 g/mol. The minimum atomic E-state index is 0.150. The molecule has 3 rings (SSSR count). The third-order valence-corrected chi connectivity index (χ3v) is 3.66. The smallest absolute Gasteiger partial charge is 0.119 e. The van der Waals surface area contributed by atoms with E-state index in [0.717, 1.165) is 17.0 Å². The molecule has 1 heterocycles. The summed E-state index contributed by atoms with van der Waals surface area (Å²) in [5, 5.41) is 1.21. The average Bonchev–Trinajstić information content (AvgIpc) is 2.91. The molecular formula is C17H18N2O. The molecule has 3 aromatic rings. The van der Waals surface area contributed by atoms with Crippen molar-refractivity contribution in [2.75, 3.05) is 13.7 Å². The van der Waals surface area contributed by atoms with Gasteiger partial charge >= 0.3 is 0 Å². The van der Waals surface area contributed by atoms with Crippen molar-refractivity contribution < 1.29 is 4.74 Å². The maximum atomic E-state index is 5.99. The SMILES string of the molecule is COc1cccc(C(CN)c2cc3ccccc3[nH]2)c1. The number of benzene rings is 2. The van der Waals surface area contributed by atoms with Gasteiger partial charge in [-0.05, 0) is 35.2 Å². The van der Waals surface area contributed by atoms with Crippen molar-refractivity contribution >= 4 is 10.9 Å². The Morgan fingerprint density at radius 1 is 1.10 bits per heavy atom. The van der Waals surface area contributed by atoms with Gasteiger partial charge in [-0.25, -0.2) is 0 Å². The quantitative estimate of drug-likeness (QED) is 0.761. The van der Waals surface area contributed by atoms with Gasteiger partial charge in [0.1, 0.15) is 5.75 Å². The van der Waals surface area contributed by atoms with Crippen LogP contribution in [0.4, 0.5) is 0 Å². The number of ether oxygens (including phenoxy) is 1. The van der Waals surface area contributed by atoms with Crippen LogP contribution >= 0.6 is 0 Å². The molecule has 0 saturated carbocycles. The predicted molar refractivity (Wildman–Crippen MR) is 82.2 cm³/mol. The van der Waals surface area contributed by atoms with Gasteiger partial charge in [0.25, 0.3) is 0 Å². The van der Waals surface area contributed by atoms with Gasteiger partial charge in [-0.3, -0.25) is 0 Å². The van der Waals surface area contributed by atoms with Crippen molar-refractivity contribution in [2.45, 2.75) is 5.92 Å². The van der Waals surface area contributed by atoms with Crippen LogP contribution in [0.2, 0.25) is 0 Å². The fourth-order valence-corrected chi connectivity index (χ4v) is 2.58. The highest BCUT2D eigenvalue weighted by atomic mass is 16.5. The molecule has 0 spiro atoms. The van der Waals surface area contributed by atoms with Crippen LogP contribution in [0, 0.1) is 0 Å². The van der Waals surface area contributed by atoms with Crippen molar-refractivity contribution in [3.63, 3.8) is 0 Å². The van der Waals surface area contributed by atoms with Gasteiger partial charge in [0.05, 0.1) is 7.11 Å². The summed E-state index contributed by atoms with van der Waals surface area (Å²) in [6.45, 7) is 0.556. The topological polar surface area (TPSA) is 51.0 Å². The van der Waals surface area contributed by atoms with E-state index in [-0.39, 0.29) is 5.92 Å². The lowest BCUT2D eigenvalue weighted by atomic mass is 9.95. The summed E-state index contributed by atoms with van der Waals surface area (Å²) in [5.74, 6) is 1.01. The number of hydrogen-bond acceptors (Lipinski definition) is 2. The van der Waals surface area contributed by atoms with Crippen molar-refractivity contribution in [1.82, 2.24) is 4.98 Å². The second-order valence-corrected chi connectivity index (χ2v) is 4.88. The van der Waals surface area contributed by atoms with Crippen LogP contribution in [0.1, 0.15) is 17.2 Å². The molecule has 1 aromatic heterocycles. The lowest BCUT2D eigenvalue weighted by Crippen LogP contribution is -2.14. The van der Waals surface area contributed by atoms with Gasteiger partial charge in [-0.1, -0.05) is 30.3 Å². The van der Waals surface area contributed by atoms with Gasteiger partial charge in [0, 0.05) is 23.7 Å². The highest BCUT2D eigenvalue weighted by Crippen LogP contribution is 2.28. The molecule has 2 aromatic carbocycles. The van der Waals surface area contributed by atoms with E-state index in [9.17, 15) is 0 Å². The molecule has 0 radical (unpaired) electrons. The van der Waals surface area contributed by atoms with Crippen LogP contribution in [0.25, 0.3) is 10.9 Å². The van der Waals surface area contributed by atoms with Gasteiger partial charge in [-0.2, -0.15) is 0 Å². The Bertz CT molecular complexity index is 685. The van der Waals surface area contributed by atoms with Crippen LogP contribution in [0.15, 0.2) is 54.6 Å². The first-order chi connectivity index (χ1) is 9.81. The first-order valence-corrected chi connectivity index (χ1v) is 6.73. The Balaban J connectivity index is 2.03. The Morgan fingerprint density at radius 2 is 1.95 bits per heavy atom.